The lowest BCUT2D eigenvalue weighted by molar-refractivity contribution is 0.585. The van der Waals surface area contributed by atoms with Crippen molar-refractivity contribution in [2.75, 3.05) is 18.0 Å². The number of pyridine rings is 1. The summed E-state index contributed by atoms with van der Waals surface area (Å²) in [6.45, 7) is 0.990. The smallest absolute Gasteiger partial charge is 0.213 e. The van der Waals surface area contributed by atoms with Crippen LogP contribution in [0, 0.1) is 11.3 Å². The third kappa shape index (κ3) is 2.54. The molecule has 17 heavy (non-hydrogen) atoms. The van der Waals surface area contributed by atoms with Crippen molar-refractivity contribution >= 4 is 15.7 Å². The van der Waals surface area contributed by atoms with E-state index in [9.17, 15) is 8.42 Å². The average Bonchev–Trinajstić information content (AvgIpc) is 2.78. The van der Waals surface area contributed by atoms with Crippen LogP contribution in [0.5, 0.6) is 0 Å². The molecular formula is C10H12N4O2S. The largest absolute Gasteiger partial charge is 0.370 e. The quantitative estimate of drug-likeness (QED) is 0.787. The van der Waals surface area contributed by atoms with Gasteiger partial charge < -0.3 is 4.90 Å². The number of primary sulfonamides is 1. The molecule has 0 aromatic carbocycles. The number of hydrogen-bond donors (Lipinski definition) is 1. The predicted octanol–water partition coefficient (Wildman–Crippen LogP) is -0.180. The summed E-state index contributed by atoms with van der Waals surface area (Å²) in [5.41, 5.74) is 1.13. The van der Waals surface area contributed by atoms with Gasteiger partial charge in [0.1, 0.15) is 11.8 Å². The molecule has 0 spiro atoms. The Balaban J connectivity index is 2.18. The minimum atomic E-state index is -3.48. The molecule has 1 saturated heterocycles. The molecule has 2 heterocycles. The van der Waals surface area contributed by atoms with E-state index in [-0.39, 0.29) is 0 Å². The van der Waals surface area contributed by atoms with Gasteiger partial charge in [-0.1, -0.05) is 0 Å². The predicted molar refractivity (Wildman–Crippen MR) is 62.7 cm³/mol. The van der Waals surface area contributed by atoms with Gasteiger partial charge in [-0.25, -0.2) is 18.5 Å². The molecule has 1 fully saturated rings. The van der Waals surface area contributed by atoms with Gasteiger partial charge in [0.25, 0.3) is 0 Å². The van der Waals surface area contributed by atoms with Crippen LogP contribution >= 0.6 is 0 Å². The number of nitrogens with zero attached hydrogens (tertiary/aromatic N) is 3. The molecule has 0 radical (unpaired) electrons. The third-order valence-electron chi connectivity index (χ3n) is 2.83. The molecule has 2 N–H and O–H groups in total. The molecule has 1 atom stereocenters. The third-order valence-corrected chi connectivity index (χ3v) is 4.15. The van der Waals surface area contributed by atoms with E-state index in [1.807, 2.05) is 11.0 Å². The van der Waals surface area contributed by atoms with Crippen molar-refractivity contribution < 1.29 is 8.42 Å². The maximum Gasteiger partial charge on any atom is 0.213 e. The van der Waals surface area contributed by atoms with E-state index < -0.39 is 15.3 Å². The van der Waals surface area contributed by atoms with Crippen molar-refractivity contribution in [2.24, 2.45) is 5.14 Å². The molecule has 1 aromatic rings. The van der Waals surface area contributed by atoms with Gasteiger partial charge in [-0.2, -0.15) is 5.26 Å². The molecule has 6 nitrogen and oxygen atoms in total. The lowest BCUT2D eigenvalue weighted by Crippen LogP contribution is -2.31. The fourth-order valence-electron chi connectivity index (χ4n) is 1.91. The fraction of sp³-hybridized carbons (Fsp3) is 0.400. The summed E-state index contributed by atoms with van der Waals surface area (Å²) in [6, 6.07) is 5.35. The van der Waals surface area contributed by atoms with Crippen LogP contribution in [0.1, 0.15) is 12.1 Å². The van der Waals surface area contributed by atoms with Crippen LogP contribution in [0.15, 0.2) is 18.3 Å². The Morgan fingerprint density at radius 3 is 2.94 bits per heavy atom. The van der Waals surface area contributed by atoms with Crippen molar-refractivity contribution in [3.05, 3.63) is 24.0 Å². The first kappa shape index (κ1) is 11.8. The van der Waals surface area contributed by atoms with Gasteiger partial charge in [-0.3, -0.25) is 0 Å². The Hall–Kier alpha value is -1.65. The van der Waals surface area contributed by atoms with Gasteiger partial charge in [0.2, 0.25) is 10.0 Å². The SMILES string of the molecule is N#Cc1cc(N2CC[C@H](S(N)(=O)=O)C2)ccn1. The molecule has 1 aliphatic rings. The molecule has 0 bridgehead atoms. The molecule has 0 amide bonds. The van der Waals surface area contributed by atoms with E-state index in [1.165, 1.54) is 6.20 Å². The van der Waals surface area contributed by atoms with Crippen molar-refractivity contribution in [3.8, 4) is 6.07 Å². The summed E-state index contributed by atoms with van der Waals surface area (Å²) < 4.78 is 22.4. The van der Waals surface area contributed by atoms with Crippen molar-refractivity contribution in [2.45, 2.75) is 11.7 Å². The van der Waals surface area contributed by atoms with Gasteiger partial charge >= 0.3 is 0 Å². The monoisotopic (exact) mass is 252 g/mol. The van der Waals surface area contributed by atoms with E-state index in [2.05, 4.69) is 4.98 Å². The van der Waals surface area contributed by atoms with Crippen molar-refractivity contribution in [1.82, 2.24) is 4.98 Å². The first-order valence-electron chi connectivity index (χ1n) is 5.13. The number of nitrogens with two attached hydrogens (primary N) is 1. The zero-order valence-electron chi connectivity index (χ0n) is 9.07. The highest BCUT2D eigenvalue weighted by Crippen LogP contribution is 2.22. The van der Waals surface area contributed by atoms with E-state index in [0.717, 1.165) is 5.69 Å². The summed E-state index contributed by atoms with van der Waals surface area (Å²) in [7, 11) is -3.48. The maximum absolute atomic E-state index is 11.2. The van der Waals surface area contributed by atoms with Crippen LogP contribution in [-0.4, -0.2) is 31.7 Å². The maximum atomic E-state index is 11.2. The number of anilines is 1. The van der Waals surface area contributed by atoms with Gasteiger partial charge in [0.05, 0.1) is 5.25 Å². The van der Waals surface area contributed by atoms with Crippen LogP contribution in [0.3, 0.4) is 0 Å². The zero-order chi connectivity index (χ0) is 12.5. The Bertz CT molecular complexity index is 564. The first-order valence-corrected chi connectivity index (χ1v) is 6.74. The first-order chi connectivity index (χ1) is 8.00. The number of sulfonamides is 1. The lowest BCUT2D eigenvalue weighted by atomic mass is 10.3. The van der Waals surface area contributed by atoms with Gasteiger partial charge in [-0.15, -0.1) is 0 Å². The fourth-order valence-corrected chi connectivity index (χ4v) is 2.73. The van der Waals surface area contributed by atoms with Crippen molar-refractivity contribution in [1.29, 1.82) is 5.26 Å². The Labute approximate surface area is 99.7 Å². The number of nitriles is 1. The average molecular weight is 252 g/mol. The van der Waals surface area contributed by atoms with Crippen LogP contribution in [0.2, 0.25) is 0 Å². The summed E-state index contributed by atoms with van der Waals surface area (Å²) in [5, 5.41) is 13.3. The summed E-state index contributed by atoms with van der Waals surface area (Å²) >= 11 is 0. The Morgan fingerprint density at radius 2 is 2.35 bits per heavy atom. The van der Waals surface area contributed by atoms with Crippen LogP contribution in [-0.2, 0) is 10.0 Å². The number of rotatable bonds is 2. The van der Waals surface area contributed by atoms with Crippen LogP contribution in [0.4, 0.5) is 5.69 Å². The van der Waals surface area contributed by atoms with Crippen LogP contribution < -0.4 is 10.0 Å². The molecule has 0 unspecified atom stereocenters. The Kier molecular flexibility index (Phi) is 3.00. The second kappa shape index (κ2) is 4.31. The van der Waals surface area contributed by atoms with Crippen molar-refractivity contribution in [3.63, 3.8) is 0 Å². The molecule has 0 saturated carbocycles. The van der Waals surface area contributed by atoms with Gasteiger partial charge in [0.15, 0.2) is 0 Å². The standard InChI is InChI=1S/C10H12N4O2S/c11-6-8-5-9(1-3-13-8)14-4-2-10(7-14)17(12,15)16/h1,3,5,10H,2,4,7H2,(H2,12,15,16)/t10-/m0/s1. The van der Waals surface area contributed by atoms with Gasteiger partial charge in [0, 0.05) is 25.0 Å². The normalized spacial score (nSPS) is 20.2. The topological polar surface area (TPSA) is 100 Å². The minimum absolute atomic E-state index is 0.321. The molecular weight excluding hydrogens is 240 g/mol. The molecule has 7 heteroatoms. The molecule has 1 aromatic heterocycles. The zero-order valence-corrected chi connectivity index (χ0v) is 9.89. The van der Waals surface area contributed by atoms with Gasteiger partial charge in [-0.05, 0) is 18.6 Å². The second-order valence-electron chi connectivity index (χ2n) is 3.96. The van der Waals surface area contributed by atoms with E-state index in [1.54, 1.807) is 12.1 Å². The second-order valence-corrected chi connectivity index (χ2v) is 5.80. The molecule has 2 rings (SSSR count). The summed E-state index contributed by atoms with van der Waals surface area (Å²) in [5.74, 6) is 0. The van der Waals surface area contributed by atoms with E-state index in [4.69, 9.17) is 10.4 Å². The summed E-state index contributed by atoms with van der Waals surface area (Å²) in [4.78, 5) is 5.77. The van der Waals surface area contributed by atoms with E-state index >= 15 is 0 Å². The number of hydrogen-bond acceptors (Lipinski definition) is 5. The highest BCUT2D eigenvalue weighted by atomic mass is 32.2. The highest BCUT2D eigenvalue weighted by Gasteiger charge is 2.30. The number of aromatic nitrogens is 1. The highest BCUT2D eigenvalue weighted by molar-refractivity contribution is 7.89. The lowest BCUT2D eigenvalue weighted by Gasteiger charge is -2.17. The molecule has 90 valence electrons. The van der Waals surface area contributed by atoms with Crippen LogP contribution in [0.25, 0.3) is 0 Å². The summed E-state index contributed by atoms with van der Waals surface area (Å²) in [6.07, 6.45) is 2.06. The van der Waals surface area contributed by atoms with E-state index in [0.29, 0.717) is 25.2 Å². The minimum Gasteiger partial charge on any atom is -0.370 e. The molecule has 0 aliphatic carbocycles. The molecule has 1 aliphatic heterocycles. The Morgan fingerprint density at radius 1 is 1.59 bits per heavy atom.